The highest BCUT2D eigenvalue weighted by molar-refractivity contribution is 5.89. The lowest BCUT2D eigenvalue weighted by Gasteiger charge is -2.24. The quantitative estimate of drug-likeness (QED) is 0.619. The fourth-order valence-corrected chi connectivity index (χ4v) is 3.04. The Morgan fingerprint density at radius 1 is 0.964 bits per heavy atom. The smallest absolute Gasteiger partial charge is 0.303 e. The molecule has 2 rings (SSSR count). The van der Waals surface area contributed by atoms with Gasteiger partial charge in [-0.1, -0.05) is 56.3 Å². The highest BCUT2D eigenvalue weighted by atomic mass is 16.4. The number of nitrogens with one attached hydrogen (secondary N) is 2. The molecule has 0 aliphatic carbocycles. The monoisotopic (exact) mass is 384 g/mol. The van der Waals surface area contributed by atoms with Crippen LogP contribution in [-0.4, -0.2) is 35.0 Å². The van der Waals surface area contributed by atoms with Gasteiger partial charge in [0.1, 0.15) is 6.04 Å². The van der Waals surface area contributed by atoms with Gasteiger partial charge in [0.15, 0.2) is 0 Å². The summed E-state index contributed by atoms with van der Waals surface area (Å²) < 4.78 is 0. The molecular formula is C22H28N2O4. The molecule has 150 valence electrons. The lowest BCUT2D eigenvalue weighted by atomic mass is 10.0. The van der Waals surface area contributed by atoms with Crippen molar-refractivity contribution >= 4 is 28.6 Å². The zero-order valence-corrected chi connectivity index (χ0v) is 16.6. The van der Waals surface area contributed by atoms with Crippen LogP contribution in [0.4, 0.5) is 0 Å². The molecule has 0 aliphatic rings. The van der Waals surface area contributed by atoms with Crippen molar-refractivity contribution in [2.75, 3.05) is 0 Å². The zero-order valence-electron chi connectivity index (χ0n) is 16.6. The average molecular weight is 384 g/mol. The Morgan fingerprint density at radius 3 is 2.29 bits per heavy atom. The van der Waals surface area contributed by atoms with E-state index in [2.05, 4.69) is 10.6 Å². The zero-order chi connectivity index (χ0) is 20.7. The maximum Gasteiger partial charge on any atom is 0.303 e. The largest absolute Gasteiger partial charge is 0.481 e. The van der Waals surface area contributed by atoms with E-state index >= 15 is 0 Å². The molecule has 2 amide bonds. The molecule has 6 heteroatoms. The van der Waals surface area contributed by atoms with Crippen LogP contribution < -0.4 is 10.6 Å². The SMILES string of the molecule is CC(CCC(=O)O)NC(=O)C(NC(=O)Cc1ccc2ccccc2c1)C(C)C. The minimum absolute atomic E-state index is 0.0118. The lowest BCUT2D eigenvalue weighted by Crippen LogP contribution is -2.52. The molecule has 6 nitrogen and oxygen atoms in total. The van der Waals surface area contributed by atoms with Crippen molar-refractivity contribution in [2.24, 2.45) is 5.92 Å². The minimum atomic E-state index is -0.898. The number of rotatable bonds is 9. The first kappa shape index (κ1) is 21.4. The first-order chi connectivity index (χ1) is 13.3. The predicted octanol–water partition coefficient (Wildman–Crippen LogP) is 2.89. The van der Waals surface area contributed by atoms with Crippen LogP contribution in [0.5, 0.6) is 0 Å². The summed E-state index contributed by atoms with van der Waals surface area (Å²) >= 11 is 0. The number of carboxylic acid groups (broad SMARTS) is 1. The van der Waals surface area contributed by atoms with E-state index in [1.807, 2.05) is 56.3 Å². The number of carbonyl (C=O) groups is 3. The fraction of sp³-hybridized carbons (Fsp3) is 0.409. The third kappa shape index (κ3) is 6.37. The van der Waals surface area contributed by atoms with Gasteiger partial charge in [0, 0.05) is 12.5 Å². The van der Waals surface area contributed by atoms with Gasteiger partial charge in [0.25, 0.3) is 0 Å². The summed E-state index contributed by atoms with van der Waals surface area (Å²) in [5, 5.41) is 16.5. The molecule has 2 aromatic rings. The van der Waals surface area contributed by atoms with Gasteiger partial charge in [0.05, 0.1) is 6.42 Å². The van der Waals surface area contributed by atoms with Gasteiger partial charge in [-0.05, 0) is 35.6 Å². The third-order valence-electron chi connectivity index (χ3n) is 4.62. The van der Waals surface area contributed by atoms with Gasteiger partial charge in [-0.15, -0.1) is 0 Å². The van der Waals surface area contributed by atoms with Crippen molar-refractivity contribution < 1.29 is 19.5 Å². The number of fused-ring (bicyclic) bond motifs is 1. The summed E-state index contributed by atoms with van der Waals surface area (Å²) in [6.45, 7) is 5.49. The van der Waals surface area contributed by atoms with Crippen LogP contribution in [0.3, 0.4) is 0 Å². The van der Waals surface area contributed by atoms with Gasteiger partial charge in [0.2, 0.25) is 11.8 Å². The molecule has 0 radical (unpaired) electrons. The Labute approximate surface area is 165 Å². The predicted molar refractivity (Wildman–Crippen MR) is 109 cm³/mol. The molecule has 0 heterocycles. The van der Waals surface area contributed by atoms with Crippen molar-refractivity contribution in [3.8, 4) is 0 Å². The highest BCUT2D eigenvalue weighted by Gasteiger charge is 2.25. The number of aliphatic carboxylic acids is 1. The maximum atomic E-state index is 12.5. The normalized spacial score (nSPS) is 13.1. The molecule has 0 aliphatic heterocycles. The van der Waals surface area contributed by atoms with Crippen molar-refractivity contribution in [1.29, 1.82) is 0 Å². The molecule has 0 spiro atoms. The molecule has 0 fully saturated rings. The number of benzene rings is 2. The number of hydrogen-bond donors (Lipinski definition) is 3. The summed E-state index contributed by atoms with van der Waals surface area (Å²) in [5.74, 6) is -1.50. The first-order valence-electron chi connectivity index (χ1n) is 9.55. The molecule has 3 N–H and O–H groups in total. The van der Waals surface area contributed by atoms with Crippen molar-refractivity contribution in [2.45, 2.75) is 52.1 Å². The van der Waals surface area contributed by atoms with E-state index < -0.39 is 12.0 Å². The Hall–Kier alpha value is -2.89. The molecule has 0 saturated heterocycles. The van der Waals surface area contributed by atoms with Gasteiger partial charge in [-0.25, -0.2) is 0 Å². The number of amides is 2. The van der Waals surface area contributed by atoms with Gasteiger partial charge < -0.3 is 15.7 Å². The summed E-state index contributed by atoms with van der Waals surface area (Å²) in [4.78, 5) is 35.7. The molecule has 0 aromatic heterocycles. The Morgan fingerprint density at radius 2 is 1.64 bits per heavy atom. The maximum absolute atomic E-state index is 12.5. The fourth-order valence-electron chi connectivity index (χ4n) is 3.04. The first-order valence-corrected chi connectivity index (χ1v) is 9.55. The number of hydrogen-bond acceptors (Lipinski definition) is 3. The molecule has 28 heavy (non-hydrogen) atoms. The molecule has 0 saturated carbocycles. The highest BCUT2D eigenvalue weighted by Crippen LogP contribution is 2.16. The third-order valence-corrected chi connectivity index (χ3v) is 4.62. The lowest BCUT2D eigenvalue weighted by molar-refractivity contribution is -0.137. The van der Waals surface area contributed by atoms with E-state index in [1.54, 1.807) is 6.92 Å². The van der Waals surface area contributed by atoms with Crippen LogP contribution in [-0.2, 0) is 20.8 Å². The molecule has 0 bridgehead atoms. The van der Waals surface area contributed by atoms with Crippen LogP contribution in [0.15, 0.2) is 42.5 Å². The Bertz CT molecular complexity index is 847. The molecule has 2 unspecified atom stereocenters. The second-order valence-electron chi connectivity index (χ2n) is 7.49. The van der Waals surface area contributed by atoms with E-state index in [4.69, 9.17) is 5.11 Å². The van der Waals surface area contributed by atoms with Crippen molar-refractivity contribution in [3.63, 3.8) is 0 Å². The summed E-state index contributed by atoms with van der Waals surface area (Å²) in [5.41, 5.74) is 0.883. The minimum Gasteiger partial charge on any atom is -0.481 e. The van der Waals surface area contributed by atoms with E-state index in [0.29, 0.717) is 6.42 Å². The van der Waals surface area contributed by atoms with Crippen molar-refractivity contribution in [3.05, 3.63) is 48.0 Å². The number of carbonyl (C=O) groups excluding carboxylic acids is 2. The summed E-state index contributed by atoms with van der Waals surface area (Å²) in [6.07, 6.45) is 0.523. The van der Waals surface area contributed by atoms with E-state index in [0.717, 1.165) is 16.3 Å². The molecule has 2 atom stereocenters. The van der Waals surface area contributed by atoms with Crippen molar-refractivity contribution in [1.82, 2.24) is 10.6 Å². The summed E-state index contributed by atoms with van der Waals surface area (Å²) in [6, 6.07) is 12.9. The van der Waals surface area contributed by atoms with Gasteiger partial charge >= 0.3 is 5.97 Å². The van der Waals surface area contributed by atoms with E-state index in [9.17, 15) is 14.4 Å². The standard InChI is InChI=1S/C22H28N2O4/c1-14(2)21(22(28)23-15(3)8-11-20(26)27)24-19(25)13-16-9-10-17-6-4-5-7-18(17)12-16/h4-7,9-10,12,14-15,21H,8,11,13H2,1-3H3,(H,23,28)(H,24,25)(H,26,27). The van der Waals surface area contributed by atoms with Crippen LogP contribution in [0.25, 0.3) is 10.8 Å². The average Bonchev–Trinajstić information content (AvgIpc) is 2.64. The Kier molecular flexibility index (Phi) is 7.55. The second-order valence-corrected chi connectivity index (χ2v) is 7.49. The van der Waals surface area contributed by atoms with Gasteiger partial charge in [-0.2, -0.15) is 0 Å². The van der Waals surface area contributed by atoms with Gasteiger partial charge in [-0.3, -0.25) is 14.4 Å². The van der Waals surface area contributed by atoms with E-state index in [-0.39, 0.29) is 36.6 Å². The van der Waals surface area contributed by atoms with Crippen LogP contribution in [0.2, 0.25) is 0 Å². The molecular weight excluding hydrogens is 356 g/mol. The second kappa shape index (κ2) is 9.88. The number of carboxylic acids is 1. The van der Waals surface area contributed by atoms with Crippen LogP contribution in [0.1, 0.15) is 39.2 Å². The molecule has 2 aromatic carbocycles. The Balaban J connectivity index is 1.97. The van der Waals surface area contributed by atoms with Crippen LogP contribution >= 0.6 is 0 Å². The van der Waals surface area contributed by atoms with E-state index in [1.165, 1.54) is 0 Å². The van der Waals surface area contributed by atoms with Crippen LogP contribution in [0, 0.1) is 5.92 Å². The topological polar surface area (TPSA) is 95.5 Å². The summed E-state index contributed by atoms with van der Waals surface area (Å²) in [7, 11) is 0.